The first-order valence-corrected chi connectivity index (χ1v) is 5.83. The van der Waals surface area contributed by atoms with Crippen molar-refractivity contribution in [2.75, 3.05) is 7.11 Å². The third-order valence-electron chi connectivity index (χ3n) is 3.15. The summed E-state index contributed by atoms with van der Waals surface area (Å²) in [5.74, 6) is -0.383. The smallest absolute Gasteiger partial charge is 0.337 e. The summed E-state index contributed by atoms with van der Waals surface area (Å²) in [7, 11) is 3.25. The highest BCUT2D eigenvalue weighted by atomic mass is 16.5. The van der Waals surface area contributed by atoms with Crippen molar-refractivity contribution in [3.05, 3.63) is 47.2 Å². The van der Waals surface area contributed by atoms with E-state index in [0.29, 0.717) is 11.1 Å². The molecule has 0 radical (unpaired) electrons. The summed E-state index contributed by atoms with van der Waals surface area (Å²) in [5, 5.41) is 9.19. The van der Waals surface area contributed by atoms with Crippen LogP contribution in [0.3, 0.4) is 0 Å². The van der Waals surface area contributed by atoms with Crippen LogP contribution in [0.15, 0.2) is 30.3 Å². The van der Waals surface area contributed by atoms with E-state index in [-0.39, 0.29) is 5.97 Å². The molecule has 4 heteroatoms. The number of hydrogen-bond acceptors (Lipinski definition) is 3. The molecule has 2 aromatic rings. The Morgan fingerprint density at radius 2 is 2.11 bits per heavy atom. The molecule has 0 aliphatic rings. The molecule has 0 aliphatic carbocycles. The summed E-state index contributed by atoms with van der Waals surface area (Å²) in [6.45, 7) is 1.94. The van der Waals surface area contributed by atoms with Crippen molar-refractivity contribution < 1.29 is 9.53 Å². The number of ether oxygens (including phenoxy) is 1. The molecular formula is C15H14N2O2. The Balaban J connectivity index is 2.60. The number of hydrogen-bond donors (Lipinski definition) is 0. The molecule has 0 amide bonds. The number of methoxy groups -OCH3 is 1. The van der Waals surface area contributed by atoms with E-state index >= 15 is 0 Å². The van der Waals surface area contributed by atoms with Crippen molar-refractivity contribution in [2.24, 2.45) is 7.05 Å². The number of benzene rings is 1. The highest BCUT2D eigenvalue weighted by molar-refractivity contribution is 5.91. The summed E-state index contributed by atoms with van der Waals surface area (Å²) >= 11 is 0. The van der Waals surface area contributed by atoms with Gasteiger partial charge >= 0.3 is 5.97 Å². The molecule has 1 aromatic heterocycles. The second kappa shape index (κ2) is 4.99. The van der Waals surface area contributed by atoms with Gasteiger partial charge in [-0.15, -0.1) is 0 Å². The molecule has 0 unspecified atom stereocenters. The van der Waals surface area contributed by atoms with Crippen molar-refractivity contribution in [2.45, 2.75) is 6.92 Å². The number of rotatable bonds is 2. The fraction of sp³-hybridized carbons (Fsp3) is 0.200. The quantitative estimate of drug-likeness (QED) is 0.774. The SMILES string of the molecule is COC(=O)c1cccc(-c2c(C#N)cc(C)n2C)c1. The molecular weight excluding hydrogens is 240 g/mol. The van der Waals surface area contributed by atoms with Crippen molar-refractivity contribution in [1.29, 1.82) is 5.26 Å². The van der Waals surface area contributed by atoms with Crippen molar-refractivity contribution >= 4 is 5.97 Å². The first-order chi connectivity index (χ1) is 9.08. The fourth-order valence-electron chi connectivity index (χ4n) is 2.08. The summed E-state index contributed by atoms with van der Waals surface area (Å²) < 4.78 is 6.65. The molecule has 96 valence electrons. The van der Waals surface area contributed by atoms with Crippen molar-refractivity contribution in [3.63, 3.8) is 0 Å². The Morgan fingerprint density at radius 1 is 1.37 bits per heavy atom. The zero-order valence-electron chi connectivity index (χ0n) is 11.1. The number of nitrogens with zero attached hydrogens (tertiary/aromatic N) is 2. The number of carbonyl (C=O) groups excluding carboxylic acids is 1. The van der Waals surface area contributed by atoms with E-state index in [2.05, 4.69) is 6.07 Å². The molecule has 0 aliphatic heterocycles. The number of esters is 1. The largest absolute Gasteiger partial charge is 0.465 e. The van der Waals surface area contributed by atoms with Crippen LogP contribution in [0.25, 0.3) is 11.3 Å². The van der Waals surface area contributed by atoms with Gasteiger partial charge in [0.25, 0.3) is 0 Å². The average molecular weight is 254 g/mol. The van der Waals surface area contributed by atoms with E-state index in [1.165, 1.54) is 7.11 Å². The maximum atomic E-state index is 11.5. The van der Waals surface area contributed by atoms with E-state index in [1.54, 1.807) is 18.2 Å². The van der Waals surface area contributed by atoms with Crippen molar-refractivity contribution in [1.82, 2.24) is 4.57 Å². The molecule has 19 heavy (non-hydrogen) atoms. The second-order valence-corrected chi connectivity index (χ2v) is 4.29. The second-order valence-electron chi connectivity index (χ2n) is 4.29. The highest BCUT2D eigenvalue weighted by Crippen LogP contribution is 2.26. The Bertz CT molecular complexity index is 678. The standard InChI is InChI=1S/C15H14N2O2/c1-10-7-13(9-16)14(17(10)2)11-5-4-6-12(8-11)15(18)19-3/h4-8H,1-3H3. The zero-order chi connectivity index (χ0) is 14.0. The van der Waals surface area contributed by atoms with Gasteiger partial charge in [-0.25, -0.2) is 4.79 Å². The van der Waals surface area contributed by atoms with Crippen molar-refractivity contribution in [3.8, 4) is 17.3 Å². The fourth-order valence-corrected chi connectivity index (χ4v) is 2.08. The highest BCUT2D eigenvalue weighted by Gasteiger charge is 2.14. The minimum Gasteiger partial charge on any atom is -0.465 e. The molecule has 0 atom stereocenters. The van der Waals surface area contributed by atoms with Gasteiger partial charge in [0.2, 0.25) is 0 Å². The molecule has 1 aromatic carbocycles. The number of nitriles is 1. The van der Waals surface area contributed by atoms with Crippen LogP contribution in [0.5, 0.6) is 0 Å². The third kappa shape index (κ3) is 2.23. The van der Waals surface area contributed by atoms with E-state index in [4.69, 9.17) is 4.74 Å². The van der Waals surface area contributed by atoms with Gasteiger partial charge in [-0.1, -0.05) is 12.1 Å². The normalized spacial score (nSPS) is 10.0. The molecule has 0 saturated heterocycles. The van der Waals surface area contributed by atoms with E-state index in [9.17, 15) is 10.1 Å². The summed E-state index contributed by atoms with van der Waals surface area (Å²) in [4.78, 5) is 11.5. The van der Waals surface area contributed by atoms with Gasteiger partial charge in [0, 0.05) is 18.3 Å². The van der Waals surface area contributed by atoms with Gasteiger partial charge in [0.1, 0.15) is 6.07 Å². The van der Waals surface area contributed by atoms with Crippen LogP contribution in [0, 0.1) is 18.3 Å². The molecule has 4 nitrogen and oxygen atoms in total. The van der Waals surface area contributed by atoms with Gasteiger partial charge in [-0.2, -0.15) is 5.26 Å². The Labute approximate surface area is 111 Å². The molecule has 0 bridgehead atoms. The van der Waals surface area contributed by atoms with E-state index in [0.717, 1.165) is 17.0 Å². The lowest BCUT2D eigenvalue weighted by Gasteiger charge is -2.07. The monoisotopic (exact) mass is 254 g/mol. The summed E-state index contributed by atoms with van der Waals surface area (Å²) in [6, 6.07) is 11.1. The van der Waals surface area contributed by atoms with Gasteiger partial charge in [0.15, 0.2) is 0 Å². The van der Waals surface area contributed by atoms with Crippen LogP contribution < -0.4 is 0 Å². The molecule has 0 fully saturated rings. The van der Waals surface area contributed by atoms with Gasteiger partial charge < -0.3 is 9.30 Å². The maximum Gasteiger partial charge on any atom is 0.337 e. The molecule has 1 heterocycles. The Hall–Kier alpha value is -2.54. The zero-order valence-corrected chi connectivity index (χ0v) is 11.1. The van der Waals surface area contributed by atoms with Crippen LogP contribution in [0.4, 0.5) is 0 Å². The first kappa shape index (κ1) is 12.9. The Morgan fingerprint density at radius 3 is 2.74 bits per heavy atom. The lowest BCUT2D eigenvalue weighted by atomic mass is 10.1. The van der Waals surface area contributed by atoms with E-state index < -0.39 is 0 Å². The predicted molar refractivity (Wildman–Crippen MR) is 71.6 cm³/mol. The van der Waals surface area contributed by atoms with Gasteiger partial charge in [-0.3, -0.25) is 0 Å². The van der Waals surface area contributed by atoms with Crippen LogP contribution in [0.1, 0.15) is 21.6 Å². The average Bonchev–Trinajstić information content (AvgIpc) is 2.73. The molecule has 0 spiro atoms. The number of aromatic nitrogens is 1. The number of aryl methyl sites for hydroxylation is 1. The first-order valence-electron chi connectivity index (χ1n) is 5.83. The predicted octanol–water partition coefficient (Wildman–Crippen LogP) is 2.66. The van der Waals surface area contributed by atoms with Crippen LogP contribution >= 0.6 is 0 Å². The van der Waals surface area contributed by atoms with Gasteiger partial charge in [-0.05, 0) is 25.1 Å². The van der Waals surface area contributed by atoms with Crippen LogP contribution in [-0.2, 0) is 11.8 Å². The lowest BCUT2D eigenvalue weighted by Crippen LogP contribution is -2.02. The minimum atomic E-state index is -0.383. The molecule has 0 saturated carbocycles. The topological polar surface area (TPSA) is 55.0 Å². The molecule has 0 N–H and O–H groups in total. The lowest BCUT2D eigenvalue weighted by molar-refractivity contribution is 0.0601. The van der Waals surface area contributed by atoms with Gasteiger partial charge in [0.05, 0.1) is 23.9 Å². The molecule has 2 rings (SSSR count). The third-order valence-corrected chi connectivity index (χ3v) is 3.15. The number of carbonyl (C=O) groups is 1. The summed E-state index contributed by atoms with van der Waals surface area (Å²) in [5.41, 5.74) is 3.71. The minimum absolute atomic E-state index is 0.383. The van der Waals surface area contributed by atoms with E-state index in [1.807, 2.05) is 30.7 Å². The maximum absolute atomic E-state index is 11.5. The van der Waals surface area contributed by atoms with Crippen LogP contribution in [-0.4, -0.2) is 17.6 Å². The van der Waals surface area contributed by atoms with Crippen LogP contribution in [0.2, 0.25) is 0 Å². The Kier molecular flexibility index (Phi) is 3.39. The summed E-state index contributed by atoms with van der Waals surface area (Å²) in [6.07, 6.45) is 0.